The van der Waals surface area contributed by atoms with E-state index in [-0.39, 0.29) is 17.7 Å². The van der Waals surface area contributed by atoms with Crippen molar-refractivity contribution in [3.63, 3.8) is 0 Å². The van der Waals surface area contributed by atoms with Crippen LogP contribution in [0, 0.1) is 0 Å². The maximum absolute atomic E-state index is 13.4. The van der Waals surface area contributed by atoms with Gasteiger partial charge in [-0.3, -0.25) is 9.45 Å². The van der Waals surface area contributed by atoms with Crippen LogP contribution in [-0.4, -0.2) is 66.4 Å². The normalized spacial score (nSPS) is 15.0. The van der Waals surface area contributed by atoms with Crippen molar-refractivity contribution >= 4 is 28.7 Å². The van der Waals surface area contributed by atoms with E-state index in [1.54, 1.807) is 12.1 Å². The fourth-order valence-corrected chi connectivity index (χ4v) is 6.75. The molecule has 260 valence electrons. The highest BCUT2D eigenvalue weighted by Crippen LogP contribution is 2.38. The number of nitrogens with zero attached hydrogens (tertiary/aromatic N) is 4. The van der Waals surface area contributed by atoms with Crippen LogP contribution in [0.4, 0.5) is 16.2 Å². The summed E-state index contributed by atoms with van der Waals surface area (Å²) in [6, 6.07) is 14.4. The van der Waals surface area contributed by atoms with Crippen LogP contribution in [0.25, 0.3) is 11.4 Å². The van der Waals surface area contributed by atoms with Crippen molar-refractivity contribution < 1.29 is 28.1 Å². The van der Waals surface area contributed by atoms with Gasteiger partial charge in [0.25, 0.3) is 0 Å². The van der Waals surface area contributed by atoms with Crippen molar-refractivity contribution in [1.82, 2.24) is 24.4 Å². The van der Waals surface area contributed by atoms with Gasteiger partial charge in [0.2, 0.25) is 11.3 Å². The molecule has 0 spiro atoms. The standard InChI is InChI=1S/C35H43N7O6S/c1-35(2,3)23-18-22(20-36-49(45)46)32(47-4)28(19-23)38-34(44)37-27-12-13-30(25-10-7-9-24(25)27)48-17-16-41-14-15-42-31(21-41)39-40-33(42)26-8-5-6-11-29(26)43/h5-6,8,11-13,18-19,36,43H,7,9-10,14-17,20-21H2,1-4H3,(H,45,46)(H2,37,38,44). The Bertz CT molecular complexity index is 1870. The molecule has 3 aromatic carbocycles. The second-order valence-corrected chi connectivity index (χ2v) is 14.1. The van der Waals surface area contributed by atoms with E-state index in [0.717, 1.165) is 72.8 Å². The Morgan fingerprint density at radius 3 is 2.55 bits per heavy atom. The van der Waals surface area contributed by atoms with Gasteiger partial charge in [-0.15, -0.1) is 10.2 Å². The second-order valence-electron chi connectivity index (χ2n) is 13.3. The first-order valence-corrected chi connectivity index (χ1v) is 17.5. The van der Waals surface area contributed by atoms with Crippen molar-refractivity contribution in [3.05, 3.63) is 76.6 Å². The molecular formula is C35H43N7O6S. The Morgan fingerprint density at radius 2 is 1.80 bits per heavy atom. The third-order valence-corrected chi connectivity index (χ3v) is 9.39. The van der Waals surface area contributed by atoms with Crippen LogP contribution in [0.2, 0.25) is 0 Å². The first kappa shape index (κ1) is 34.4. The summed E-state index contributed by atoms with van der Waals surface area (Å²) in [6.07, 6.45) is 2.67. The van der Waals surface area contributed by atoms with Gasteiger partial charge in [-0.25, -0.2) is 13.7 Å². The fraction of sp³-hybridized carbons (Fsp3) is 0.400. The van der Waals surface area contributed by atoms with Crippen LogP contribution >= 0.6 is 0 Å². The van der Waals surface area contributed by atoms with E-state index in [4.69, 9.17) is 9.47 Å². The van der Waals surface area contributed by atoms with Crippen LogP contribution < -0.4 is 24.8 Å². The average molecular weight is 690 g/mol. The number of hydrogen-bond acceptors (Lipinski definition) is 8. The number of anilines is 2. The molecule has 0 saturated carbocycles. The number of carbonyl (C=O) groups is 1. The molecule has 5 N–H and O–H groups in total. The largest absolute Gasteiger partial charge is 0.507 e. The second kappa shape index (κ2) is 14.5. The number of fused-ring (bicyclic) bond motifs is 2. The van der Waals surface area contributed by atoms with Gasteiger partial charge in [0.1, 0.15) is 29.7 Å². The number of methoxy groups -OCH3 is 1. The number of amides is 2. The molecule has 14 heteroatoms. The van der Waals surface area contributed by atoms with Crippen molar-refractivity contribution in [2.24, 2.45) is 0 Å². The predicted molar refractivity (Wildman–Crippen MR) is 188 cm³/mol. The lowest BCUT2D eigenvalue weighted by molar-refractivity contribution is 0.174. The van der Waals surface area contributed by atoms with Crippen molar-refractivity contribution in [2.75, 3.05) is 37.4 Å². The number of hydrogen-bond donors (Lipinski definition) is 5. The number of nitrogens with one attached hydrogen (secondary N) is 3. The molecule has 1 aliphatic heterocycles. The lowest BCUT2D eigenvalue weighted by atomic mass is 9.85. The molecule has 49 heavy (non-hydrogen) atoms. The number of aromatic hydroxyl groups is 1. The molecule has 1 aromatic heterocycles. The number of phenolic OH excluding ortho intramolecular Hbond substituents is 1. The third kappa shape index (κ3) is 7.72. The molecular weight excluding hydrogens is 646 g/mol. The maximum atomic E-state index is 13.4. The lowest BCUT2D eigenvalue weighted by Crippen LogP contribution is -2.36. The number of phenols is 1. The predicted octanol–water partition coefficient (Wildman–Crippen LogP) is 5.21. The number of ether oxygens (including phenoxy) is 2. The summed E-state index contributed by atoms with van der Waals surface area (Å²) in [4.78, 5) is 15.6. The van der Waals surface area contributed by atoms with E-state index < -0.39 is 17.3 Å². The molecule has 0 saturated heterocycles. The molecule has 2 amide bonds. The minimum absolute atomic E-state index is 0.0847. The van der Waals surface area contributed by atoms with Crippen molar-refractivity contribution in [1.29, 1.82) is 0 Å². The van der Waals surface area contributed by atoms with Gasteiger partial charge in [-0.2, -0.15) is 0 Å². The van der Waals surface area contributed by atoms with Gasteiger partial charge >= 0.3 is 6.03 Å². The molecule has 2 aliphatic rings. The van der Waals surface area contributed by atoms with Crippen LogP contribution in [0.15, 0.2) is 48.5 Å². The zero-order valence-electron chi connectivity index (χ0n) is 28.2. The molecule has 0 bridgehead atoms. The molecule has 1 atom stereocenters. The highest BCUT2D eigenvalue weighted by molar-refractivity contribution is 7.77. The van der Waals surface area contributed by atoms with E-state index in [1.807, 2.05) is 36.4 Å². The van der Waals surface area contributed by atoms with Crippen LogP contribution in [0.3, 0.4) is 0 Å². The Balaban J connectivity index is 1.10. The molecule has 4 aromatic rings. The lowest BCUT2D eigenvalue weighted by Gasteiger charge is -2.27. The Kier molecular flexibility index (Phi) is 10.2. The van der Waals surface area contributed by atoms with Crippen LogP contribution in [0.1, 0.15) is 55.3 Å². The molecule has 1 aliphatic carbocycles. The molecule has 13 nitrogen and oxygen atoms in total. The van der Waals surface area contributed by atoms with E-state index in [2.05, 4.69) is 55.8 Å². The van der Waals surface area contributed by atoms with Gasteiger partial charge in [0, 0.05) is 37.4 Å². The van der Waals surface area contributed by atoms with Crippen LogP contribution in [0.5, 0.6) is 17.2 Å². The number of rotatable bonds is 11. The Labute approximate surface area is 288 Å². The highest BCUT2D eigenvalue weighted by Gasteiger charge is 2.25. The van der Waals surface area contributed by atoms with E-state index in [1.165, 1.54) is 7.11 Å². The van der Waals surface area contributed by atoms with Gasteiger partial charge in [-0.1, -0.05) is 39.0 Å². The Hall–Kier alpha value is -4.50. The van der Waals surface area contributed by atoms with Gasteiger partial charge in [-0.05, 0) is 71.7 Å². The number of benzene rings is 3. The van der Waals surface area contributed by atoms with Gasteiger partial charge < -0.3 is 29.8 Å². The molecule has 1 unspecified atom stereocenters. The zero-order valence-corrected chi connectivity index (χ0v) is 29.0. The molecule has 0 fully saturated rings. The summed E-state index contributed by atoms with van der Waals surface area (Å²) in [5.74, 6) is 2.98. The van der Waals surface area contributed by atoms with E-state index in [0.29, 0.717) is 41.5 Å². The topological polar surface area (TPSA) is 163 Å². The number of aromatic nitrogens is 3. The monoisotopic (exact) mass is 689 g/mol. The maximum Gasteiger partial charge on any atom is 0.323 e. The zero-order chi connectivity index (χ0) is 34.7. The fourth-order valence-electron chi connectivity index (χ4n) is 6.47. The molecule has 6 rings (SSSR count). The van der Waals surface area contributed by atoms with Crippen molar-refractivity contribution in [2.45, 2.75) is 65.1 Å². The quantitative estimate of drug-likeness (QED) is 0.133. The first-order chi connectivity index (χ1) is 23.5. The SMILES string of the molecule is COc1c(CNS(=O)O)cc(C(C)(C)C)cc1NC(=O)Nc1ccc(OCCN2CCn3c(nnc3-c3ccccc3O)C2)c2c1CCC2. The summed E-state index contributed by atoms with van der Waals surface area (Å²) >= 11 is -2.20. The highest BCUT2D eigenvalue weighted by atomic mass is 32.2. The third-order valence-electron chi connectivity index (χ3n) is 9.00. The van der Waals surface area contributed by atoms with Gasteiger partial charge in [0.15, 0.2) is 5.82 Å². The van der Waals surface area contributed by atoms with Crippen LogP contribution in [-0.2, 0) is 49.2 Å². The van der Waals surface area contributed by atoms with E-state index >= 15 is 0 Å². The summed E-state index contributed by atoms with van der Waals surface area (Å²) < 4.78 is 37.1. The smallest absolute Gasteiger partial charge is 0.323 e. The summed E-state index contributed by atoms with van der Waals surface area (Å²) in [7, 11) is 1.51. The Morgan fingerprint density at radius 1 is 1.02 bits per heavy atom. The van der Waals surface area contributed by atoms with Crippen molar-refractivity contribution in [3.8, 4) is 28.6 Å². The van der Waals surface area contributed by atoms with E-state index in [9.17, 15) is 18.7 Å². The number of para-hydroxylation sites is 1. The number of carbonyl (C=O) groups excluding carboxylic acids is 1. The minimum Gasteiger partial charge on any atom is -0.507 e. The summed E-state index contributed by atoms with van der Waals surface area (Å²) in [5, 5.41) is 25.0. The summed E-state index contributed by atoms with van der Waals surface area (Å²) in [5.41, 5.74) is 5.41. The summed E-state index contributed by atoms with van der Waals surface area (Å²) in [6.45, 7) is 9.65. The first-order valence-electron chi connectivity index (χ1n) is 16.4. The average Bonchev–Trinajstić information content (AvgIpc) is 3.72. The molecule has 2 heterocycles. The minimum atomic E-state index is -2.20. The molecule has 0 radical (unpaired) electrons. The number of urea groups is 1. The van der Waals surface area contributed by atoms with Gasteiger partial charge in [0.05, 0.1) is 24.9 Å².